The molecule has 0 bridgehead atoms. The van der Waals surface area contributed by atoms with Gasteiger partial charge in [0.15, 0.2) is 5.65 Å². The lowest BCUT2D eigenvalue weighted by atomic mass is 9.93. The molecule has 3 aromatic heterocycles. The summed E-state index contributed by atoms with van der Waals surface area (Å²) >= 11 is 0. The smallest absolute Gasteiger partial charge is 0.165 e. The molecule has 0 saturated heterocycles. The third kappa shape index (κ3) is 4.24. The number of benzene rings is 7. The Labute approximate surface area is 276 Å². The van der Waals surface area contributed by atoms with Crippen LogP contribution in [0.1, 0.15) is 0 Å². The maximum absolute atomic E-state index is 6.31. The van der Waals surface area contributed by atoms with Crippen LogP contribution in [0.15, 0.2) is 168 Å². The summed E-state index contributed by atoms with van der Waals surface area (Å²) in [6.07, 6.45) is 0. The van der Waals surface area contributed by atoms with Gasteiger partial charge in [0.2, 0.25) is 0 Å². The van der Waals surface area contributed by atoms with E-state index in [-0.39, 0.29) is 0 Å². The van der Waals surface area contributed by atoms with Crippen molar-refractivity contribution in [2.75, 3.05) is 0 Å². The first-order valence-electron chi connectivity index (χ1n) is 16.2. The van der Waals surface area contributed by atoms with E-state index in [4.69, 9.17) is 14.4 Å². The van der Waals surface area contributed by atoms with Crippen LogP contribution in [0.25, 0.3) is 94.1 Å². The van der Waals surface area contributed by atoms with E-state index in [2.05, 4.69) is 132 Å². The highest BCUT2D eigenvalue weighted by Crippen LogP contribution is 2.38. The third-order valence-corrected chi connectivity index (χ3v) is 9.36. The monoisotopic (exact) mass is 613 g/mol. The number of rotatable bonds is 4. The number of aromatic nitrogens is 3. The Balaban J connectivity index is 1.22. The third-order valence-electron chi connectivity index (χ3n) is 9.36. The average molecular weight is 614 g/mol. The molecule has 0 N–H and O–H groups in total. The molecule has 0 atom stereocenters. The minimum atomic E-state index is 0.819. The van der Waals surface area contributed by atoms with Gasteiger partial charge < -0.3 is 4.42 Å². The van der Waals surface area contributed by atoms with Crippen molar-refractivity contribution < 1.29 is 4.42 Å². The molecule has 0 aliphatic heterocycles. The molecule has 10 aromatic rings. The first kappa shape index (κ1) is 26.7. The molecule has 10 rings (SSSR count). The van der Waals surface area contributed by atoms with Gasteiger partial charge in [-0.2, -0.15) is 0 Å². The van der Waals surface area contributed by atoms with Crippen LogP contribution in [0.5, 0.6) is 0 Å². The molecule has 0 unspecified atom stereocenters. The predicted molar refractivity (Wildman–Crippen MR) is 197 cm³/mol. The Kier molecular flexibility index (Phi) is 5.84. The molecule has 0 saturated carbocycles. The lowest BCUT2D eigenvalue weighted by Crippen LogP contribution is -1.96. The predicted octanol–water partition coefficient (Wildman–Crippen LogP) is 11.6. The van der Waals surface area contributed by atoms with Gasteiger partial charge in [-0.15, -0.1) is 0 Å². The van der Waals surface area contributed by atoms with Crippen molar-refractivity contribution in [2.45, 2.75) is 0 Å². The Morgan fingerprint density at radius 1 is 0.396 bits per heavy atom. The van der Waals surface area contributed by atoms with Gasteiger partial charge in [-0.1, -0.05) is 97.1 Å². The summed E-state index contributed by atoms with van der Waals surface area (Å²) in [7, 11) is 0. The van der Waals surface area contributed by atoms with Crippen LogP contribution >= 0.6 is 0 Å². The fraction of sp³-hybridized carbons (Fsp3) is 0. The van der Waals surface area contributed by atoms with Crippen molar-refractivity contribution in [3.05, 3.63) is 164 Å². The van der Waals surface area contributed by atoms with Crippen LogP contribution in [0.4, 0.5) is 0 Å². The van der Waals surface area contributed by atoms with Crippen LogP contribution in [-0.4, -0.2) is 14.5 Å². The quantitative estimate of drug-likeness (QED) is 0.198. The molecule has 0 fully saturated rings. The fourth-order valence-corrected chi connectivity index (χ4v) is 7.05. The van der Waals surface area contributed by atoms with E-state index in [1.54, 1.807) is 0 Å². The van der Waals surface area contributed by atoms with Crippen LogP contribution in [-0.2, 0) is 0 Å². The Bertz CT molecular complexity index is 2770. The highest BCUT2D eigenvalue weighted by atomic mass is 16.3. The minimum Gasteiger partial charge on any atom is -0.456 e. The van der Waals surface area contributed by atoms with Crippen molar-refractivity contribution in [1.82, 2.24) is 14.5 Å². The second-order valence-electron chi connectivity index (χ2n) is 12.3. The van der Waals surface area contributed by atoms with Crippen LogP contribution in [0, 0.1) is 0 Å². The molecule has 0 amide bonds. The molecule has 3 heterocycles. The maximum Gasteiger partial charge on any atom is 0.165 e. The van der Waals surface area contributed by atoms with Gasteiger partial charge in [0.1, 0.15) is 16.7 Å². The van der Waals surface area contributed by atoms with Gasteiger partial charge in [-0.05, 0) is 94.0 Å². The SMILES string of the molecule is c1ccc(-c2cc(-c3ccccc3)cc(-c3ccc4c(c3)c3nc5ccccc5nc3n4-c3ccc4c(c3)oc3ccccc34)c2)cc1. The molecule has 0 radical (unpaired) electrons. The topological polar surface area (TPSA) is 43.9 Å². The van der Waals surface area contributed by atoms with Crippen molar-refractivity contribution in [2.24, 2.45) is 0 Å². The molecule has 0 aliphatic rings. The zero-order chi connectivity index (χ0) is 31.6. The lowest BCUT2D eigenvalue weighted by Gasteiger charge is -2.12. The van der Waals surface area contributed by atoms with E-state index in [1.807, 2.05) is 36.4 Å². The number of para-hydroxylation sites is 3. The number of hydrogen-bond acceptors (Lipinski definition) is 3. The zero-order valence-corrected chi connectivity index (χ0v) is 25.8. The Hall–Kier alpha value is -6.52. The fourth-order valence-electron chi connectivity index (χ4n) is 7.05. The molecule has 4 heteroatoms. The second-order valence-corrected chi connectivity index (χ2v) is 12.3. The molecular weight excluding hydrogens is 587 g/mol. The van der Waals surface area contributed by atoms with Crippen molar-refractivity contribution in [3.63, 3.8) is 0 Å². The van der Waals surface area contributed by atoms with Crippen molar-refractivity contribution >= 4 is 55.0 Å². The van der Waals surface area contributed by atoms with Crippen LogP contribution in [0.3, 0.4) is 0 Å². The number of furan rings is 1. The van der Waals surface area contributed by atoms with Crippen molar-refractivity contribution in [1.29, 1.82) is 0 Å². The Morgan fingerprint density at radius 2 is 1.00 bits per heavy atom. The van der Waals surface area contributed by atoms with E-state index in [0.29, 0.717) is 0 Å². The van der Waals surface area contributed by atoms with E-state index < -0.39 is 0 Å². The van der Waals surface area contributed by atoms with Crippen LogP contribution in [0.2, 0.25) is 0 Å². The average Bonchev–Trinajstić information content (AvgIpc) is 3.68. The summed E-state index contributed by atoms with van der Waals surface area (Å²) in [5.41, 5.74) is 14.2. The molecule has 4 nitrogen and oxygen atoms in total. The zero-order valence-electron chi connectivity index (χ0n) is 25.8. The molecule has 7 aromatic carbocycles. The van der Waals surface area contributed by atoms with Crippen LogP contribution < -0.4 is 0 Å². The molecule has 224 valence electrons. The summed E-state index contributed by atoms with van der Waals surface area (Å²) in [4.78, 5) is 10.4. The highest BCUT2D eigenvalue weighted by molar-refractivity contribution is 6.10. The minimum absolute atomic E-state index is 0.819. The number of nitrogens with zero attached hydrogens (tertiary/aromatic N) is 3. The summed E-state index contributed by atoms with van der Waals surface area (Å²) in [6, 6.07) is 57.4. The largest absolute Gasteiger partial charge is 0.456 e. The van der Waals surface area contributed by atoms with Gasteiger partial charge in [-0.25, -0.2) is 9.97 Å². The summed E-state index contributed by atoms with van der Waals surface area (Å²) in [5, 5.41) is 3.27. The number of hydrogen-bond donors (Lipinski definition) is 0. The van der Waals surface area contributed by atoms with Gasteiger partial charge in [0.25, 0.3) is 0 Å². The second kappa shape index (κ2) is 10.5. The molecule has 0 spiro atoms. The van der Waals surface area contributed by atoms with Gasteiger partial charge in [-0.3, -0.25) is 4.57 Å². The Morgan fingerprint density at radius 3 is 1.73 bits per heavy atom. The lowest BCUT2D eigenvalue weighted by molar-refractivity contribution is 0.668. The van der Waals surface area contributed by atoms with Crippen molar-refractivity contribution in [3.8, 4) is 39.1 Å². The molecule has 48 heavy (non-hydrogen) atoms. The maximum atomic E-state index is 6.31. The van der Waals surface area contributed by atoms with E-state index in [9.17, 15) is 0 Å². The summed E-state index contributed by atoms with van der Waals surface area (Å²) in [5.74, 6) is 0. The normalized spacial score (nSPS) is 11.8. The summed E-state index contributed by atoms with van der Waals surface area (Å²) in [6.45, 7) is 0. The molecule has 0 aliphatic carbocycles. The standard InChI is InChI=1S/C44H27N3O/c1-3-11-28(12-4-1)31-23-32(29-13-5-2-6-14-29)25-33(24-31)30-19-22-40-37(26-30)43-44(46-39-17-9-8-16-38(39)45-43)47(40)34-20-21-36-35-15-7-10-18-41(35)48-42(36)27-34/h1-27H. The highest BCUT2D eigenvalue weighted by Gasteiger charge is 2.19. The first-order valence-corrected chi connectivity index (χ1v) is 16.2. The van der Waals surface area contributed by atoms with Gasteiger partial charge in [0.05, 0.1) is 22.2 Å². The van der Waals surface area contributed by atoms with E-state index >= 15 is 0 Å². The van der Waals surface area contributed by atoms with Gasteiger partial charge >= 0.3 is 0 Å². The first-order chi connectivity index (χ1) is 23.8. The number of fused-ring (bicyclic) bond motifs is 7. The molecular formula is C44H27N3O. The summed E-state index contributed by atoms with van der Waals surface area (Å²) < 4.78 is 8.53. The van der Waals surface area contributed by atoms with Gasteiger partial charge in [0, 0.05) is 22.2 Å². The van der Waals surface area contributed by atoms with E-state index in [1.165, 1.54) is 22.3 Å². The van der Waals surface area contributed by atoms with E-state index in [0.717, 1.165) is 71.9 Å².